The fourth-order valence-corrected chi connectivity index (χ4v) is 2.50. The van der Waals surface area contributed by atoms with Crippen LogP contribution in [0.25, 0.3) is 0 Å². The van der Waals surface area contributed by atoms with Crippen molar-refractivity contribution in [2.75, 3.05) is 23.3 Å². The molecule has 1 N–H and O–H groups in total. The second-order valence-electron chi connectivity index (χ2n) is 4.94. The van der Waals surface area contributed by atoms with Gasteiger partial charge in [-0.2, -0.15) is 0 Å². The van der Waals surface area contributed by atoms with Crippen LogP contribution in [-0.2, 0) is 11.2 Å². The molecule has 0 saturated heterocycles. The number of amides is 1. The summed E-state index contributed by atoms with van der Waals surface area (Å²) in [5, 5.41) is 3.26. The maximum atomic E-state index is 12.0. The van der Waals surface area contributed by atoms with Gasteiger partial charge < -0.3 is 10.2 Å². The average molecular weight is 267 g/mol. The van der Waals surface area contributed by atoms with Crippen molar-refractivity contribution in [1.29, 1.82) is 0 Å². The molecule has 2 aromatic rings. The third kappa shape index (κ3) is 2.50. The molecule has 2 heterocycles. The zero-order valence-electron chi connectivity index (χ0n) is 11.5. The van der Waals surface area contributed by atoms with Crippen LogP contribution in [0, 0.1) is 6.92 Å². The first-order valence-corrected chi connectivity index (χ1v) is 6.80. The number of carbonyl (C=O) groups is 1. The van der Waals surface area contributed by atoms with E-state index >= 15 is 0 Å². The number of benzene rings is 1. The highest BCUT2D eigenvalue weighted by Gasteiger charge is 2.25. The minimum Gasteiger partial charge on any atom is -0.368 e. The van der Waals surface area contributed by atoms with Gasteiger partial charge in [-0.05, 0) is 30.7 Å². The molecule has 0 saturated carbocycles. The molecule has 1 aliphatic heterocycles. The van der Waals surface area contributed by atoms with E-state index in [9.17, 15) is 4.79 Å². The Balaban J connectivity index is 1.63. The van der Waals surface area contributed by atoms with Crippen molar-refractivity contribution in [3.8, 4) is 0 Å². The first kappa shape index (κ1) is 12.7. The number of pyridine rings is 1. The normalized spacial score (nSPS) is 13.4. The predicted molar refractivity (Wildman–Crippen MR) is 80.0 cm³/mol. The Labute approximate surface area is 118 Å². The van der Waals surface area contributed by atoms with Crippen molar-refractivity contribution in [3.05, 3.63) is 53.7 Å². The number of anilines is 2. The minimum atomic E-state index is 0.171. The lowest BCUT2D eigenvalue weighted by Crippen LogP contribution is -2.31. The molecule has 1 amide bonds. The Morgan fingerprint density at radius 3 is 2.90 bits per heavy atom. The third-order valence-electron chi connectivity index (χ3n) is 3.45. The van der Waals surface area contributed by atoms with Gasteiger partial charge in [0, 0.05) is 24.5 Å². The summed E-state index contributed by atoms with van der Waals surface area (Å²) < 4.78 is 0. The molecule has 3 rings (SSSR count). The number of hydrogen-bond acceptors (Lipinski definition) is 3. The van der Waals surface area contributed by atoms with Crippen molar-refractivity contribution in [3.63, 3.8) is 0 Å². The number of fused-ring (bicyclic) bond motifs is 1. The highest BCUT2D eigenvalue weighted by Crippen LogP contribution is 2.27. The molecule has 20 heavy (non-hydrogen) atoms. The van der Waals surface area contributed by atoms with Gasteiger partial charge in [0.15, 0.2) is 0 Å². The average Bonchev–Trinajstić information content (AvgIpc) is 2.75. The summed E-state index contributed by atoms with van der Waals surface area (Å²) in [4.78, 5) is 18.2. The first-order chi connectivity index (χ1) is 9.74. The second-order valence-corrected chi connectivity index (χ2v) is 4.94. The molecule has 0 spiro atoms. The van der Waals surface area contributed by atoms with Gasteiger partial charge in [-0.15, -0.1) is 0 Å². The fraction of sp³-hybridized carbons (Fsp3) is 0.250. The lowest BCUT2D eigenvalue weighted by molar-refractivity contribution is -0.117. The number of nitrogens with zero attached hydrogens (tertiary/aromatic N) is 2. The zero-order valence-corrected chi connectivity index (χ0v) is 11.5. The summed E-state index contributed by atoms with van der Waals surface area (Å²) in [5.41, 5.74) is 3.14. The molecule has 0 aliphatic carbocycles. The third-order valence-corrected chi connectivity index (χ3v) is 3.45. The Kier molecular flexibility index (Phi) is 3.37. The number of aryl methyl sites for hydroxylation is 1. The van der Waals surface area contributed by atoms with Crippen molar-refractivity contribution in [2.24, 2.45) is 0 Å². The van der Waals surface area contributed by atoms with Crippen molar-refractivity contribution in [1.82, 2.24) is 4.98 Å². The van der Waals surface area contributed by atoms with Gasteiger partial charge in [-0.1, -0.05) is 24.3 Å². The Morgan fingerprint density at radius 2 is 2.05 bits per heavy atom. The van der Waals surface area contributed by atoms with E-state index in [1.807, 2.05) is 54.3 Å². The lowest BCUT2D eigenvalue weighted by atomic mass is 10.2. The van der Waals surface area contributed by atoms with E-state index in [1.54, 1.807) is 0 Å². The summed E-state index contributed by atoms with van der Waals surface area (Å²) in [6, 6.07) is 13.8. The highest BCUT2D eigenvalue weighted by atomic mass is 16.2. The molecule has 102 valence electrons. The van der Waals surface area contributed by atoms with E-state index in [-0.39, 0.29) is 5.91 Å². The predicted octanol–water partition coefficient (Wildman–Crippen LogP) is 2.39. The van der Waals surface area contributed by atoms with Gasteiger partial charge in [0.2, 0.25) is 5.91 Å². The summed E-state index contributed by atoms with van der Waals surface area (Å²) >= 11 is 0. The molecule has 1 aromatic heterocycles. The van der Waals surface area contributed by atoms with Crippen LogP contribution >= 0.6 is 0 Å². The maximum absolute atomic E-state index is 12.0. The molecule has 0 unspecified atom stereocenters. The van der Waals surface area contributed by atoms with Crippen molar-refractivity contribution >= 4 is 17.4 Å². The fourth-order valence-electron chi connectivity index (χ4n) is 2.50. The monoisotopic (exact) mass is 267 g/mol. The Morgan fingerprint density at radius 1 is 1.20 bits per heavy atom. The zero-order chi connectivity index (χ0) is 13.9. The number of nitrogens with one attached hydrogen (secondary N) is 1. The van der Waals surface area contributed by atoms with Crippen LogP contribution in [0.5, 0.6) is 0 Å². The van der Waals surface area contributed by atoms with Crippen LogP contribution in [0.15, 0.2) is 42.5 Å². The summed E-state index contributed by atoms with van der Waals surface area (Å²) in [5.74, 6) is 1.02. The number of rotatable bonds is 4. The minimum absolute atomic E-state index is 0.171. The molecular weight excluding hydrogens is 250 g/mol. The van der Waals surface area contributed by atoms with Gasteiger partial charge in [0.05, 0.1) is 6.42 Å². The van der Waals surface area contributed by atoms with Crippen LogP contribution in [0.2, 0.25) is 0 Å². The molecule has 0 bridgehead atoms. The van der Waals surface area contributed by atoms with E-state index in [1.165, 1.54) is 0 Å². The van der Waals surface area contributed by atoms with Crippen LogP contribution < -0.4 is 10.2 Å². The van der Waals surface area contributed by atoms with E-state index in [2.05, 4.69) is 10.3 Å². The largest absolute Gasteiger partial charge is 0.368 e. The molecule has 4 heteroatoms. The molecule has 0 fully saturated rings. The van der Waals surface area contributed by atoms with E-state index < -0.39 is 0 Å². The summed E-state index contributed by atoms with van der Waals surface area (Å²) in [6.45, 7) is 3.31. The molecular formula is C16H17N3O. The Hall–Kier alpha value is -2.36. The number of hydrogen-bond donors (Lipinski definition) is 1. The quantitative estimate of drug-likeness (QED) is 0.925. The van der Waals surface area contributed by atoms with Gasteiger partial charge in [-0.25, -0.2) is 4.98 Å². The second kappa shape index (κ2) is 5.33. The maximum Gasteiger partial charge on any atom is 0.231 e. The van der Waals surface area contributed by atoms with Gasteiger partial charge in [0.1, 0.15) is 5.82 Å². The topological polar surface area (TPSA) is 45.2 Å². The summed E-state index contributed by atoms with van der Waals surface area (Å²) in [6.07, 6.45) is 0.513. The standard InChI is InChI=1S/C16H17N3O/c1-12-5-4-8-15(18-12)17-9-10-19-14-7-3-2-6-13(14)11-16(19)20/h2-8H,9-11H2,1H3,(H,17,18). The lowest BCUT2D eigenvalue weighted by Gasteiger charge is -2.18. The van der Waals surface area contributed by atoms with E-state index in [4.69, 9.17) is 0 Å². The number of aromatic nitrogens is 1. The van der Waals surface area contributed by atoms with E-state index in [0.29, 0.717) is 19.5 Å². The number of para-hydroxylation sites is 1. The molecule has 1 aromatic carbocycles. The highest BCUT2D eigenvalue weighted by molar-refractivity contribution is 6.01. The first-order valence-electron chi connectivity index (χ1n) is 6.80. The van der Waals surface area contributed by atoms with Crippen LogP contribution in [0.4, 0.5) is 11.5 Å². The van der Waals surface area contributed by atoms with Crippen LogP contribution in [0.3, 0.4) is 0 Å². The number of carbonyl (C=O) groups excluding carboxylic acids is 1. The van der Waals surface area contributed by atoms with Crippen molar-refractivity contribution in [2.45, 2.75) is 13.3 Å². The molecule has 4 nitrogen and oxygen atoms in total. The van der Waals surface area contributed by atoms with Gasteiger partial charge in [-0.3, -0.25) is 4.79 Å². The molecule has 0 radical (unpaired) electrons. The molecule has 0 atom stereocenters. The Bertz CT molecular complexity index is 639. The van der Waals surface area contributed by atoms with Crippen LogP contribution in [0.1, 0.15) is 11.3 Å². The smallest absolute Gasteiger partial charge is 0.231 e. The molecule has 1 aliphatic rings. The van der Waals surface area contributed by atoms with E-state index in [0.717, 1.165) is 22.8 Å². The van der Waals surface area contributed by atoms with Gasteiger partial charge in [0.25, 0.3) is 0 Å². The summed E-state index contributed by atoms with van der Waals surface area (Å²) in [7, 11) is 0. The van der Waals surface area contributed by atoms with Crippen molar-refractivity contribution < 1.29 is 4.79 Å². The van der Waals surface area contributed by atoms with Gasteiger partial charge >= 0.3 is 0 Å². The SMILES string of the molecule is Cc1cccc(NCCN2C(=O)Cc3ccccc32)n1. The van der Waals surface area contributed by atoms with Crippen LogP contribution in [-0.4, -0.2) is 24.0 Å².